The summed E-state index contributed by atoms with van der Waals surface area (Å²) in [5.41, 5.74) is 8.06. The first-order valence-corrected chi connectivity index (χ1v) is 5.34. The Kier molecular flexibility index (Phi) is 2.77. The molecule has 1 atom stereocenters. The number of nitrogens with zero attached hydrogens (tertiary/aromatic N) is 1. The third-order valence-electron chi connectivity index (χ3n) is 2.21. The van der Waals surface area contributed by atoms with E-state index in [1.807, 2.05) is 12.1 Å². The van der Waals surface area contributed by atoms with E-state index in [1.165, 1.54) is 0 Å². The van der Waals surface area contributed by atoms with Crippen LogP contribution >= 0.6 is 15.9 Å². The summed E-state index contributed by atoms with van der Waals surface area (Å²) in [6, 6.07) is 3.25. The van der Waals surface area contributed by atoms with Gasteiger partial charge in [0.05, 0.1) is 12.6 Å². The largest absolute Gasteiger partial charge is 0.441 e. The Balaban J connectivity index is 2.60. The number of fused-ring (bicyclic) bond motifs is 1. The lowest BCUT2D eigenvalue weighted by molar-refractivity contribution is 0.267. The minimum atomic E-state index is -0.402. The zero-order valence-electron chi connectivity index (χ0n) is 8.20. The first-order chi connectivity index (χ1) is 7.11. The summed E-state index contributed by atoms with van der Waals surface area (Å²) >= 11 is 3.39. The standard InChI is InChI=1S/C10H11BrN2O2/c1-5-13-9-2-6(8(12)4-14)7(11)3-10(9)15-5/h2-3,8,14H,4,12H2,1H3. The van der Waals surface area contributed by atoms with Gasteiger partial charge in [-0.25, -0.2) is 4.98 Å². The van der Waals surface area contributed by atoms with E-state index in [-0.39, 0.29) is 6.61 Å². The van der Waals surface area contributed by atoms with Gasteiger partial charge >= 0.3 is 0 Å². The number of aryl methyl sites for hydroxylation is 1. The molecule has 1 unspecified atom stereocenters. The van der Waals surface area contributed by atoms with Crippen molar-refractivity contribution in [2.75, 3.05) is 6.61 Å². The number of oxazole rings is 1. The van der Waals surface area contributed by atoms with Gasteiger partial charge in [-0.1, -0.05) is 15.9 Å². The normalized spacial score (nSPS) is 13.3. The van der Waals surface area contributed by atoms with Crippen molar-refractivity contribution < 1.29 is 9.52 Å². The third-order valence-corrected chi connectivity index (χ3v) is 2.90. The molecule has 3 N–H and O–H groups in total. The molecule has 1 aromatic carbocycles. The van der Waals surface area contributed by atoms with Crippen LogP contribution in [-0.4, -0.2) is 16.7 Å². The van der Waals surface area contributed by atoms with Crippen LogP contribution in [0, 0.1) is 6.92 Å². The molecule has 1 aromatic heterocycles. The van der Waals surface area contributed by atoms with E-state index in [1.54, 1.807) is 6.92 Å². The van der Waals surface area contributed by atoms with Crippen LogP contribution in [0.5, 0.6) is 0 Å². The number of aliphatic hydroxyl groups excluding tert-OH is 1. The molecule has 2 rings (SSSR count). The molecular formula is C10H11BrN2O2. The van der Waals surface area contributed by atoms with Gasteiger partial charge < -0.3 is 15.3 Å². The van der Waals surface area contributed by atoms with E-state index < -0.39 is 6.04 Å². The minimum Gasteiger partial charge on any atom is -0.441 e. The van der Waals surface area contributed by atoms with Gasteiger partial charge in [-0.3, -0.25) is 0 Å². The highest BCUT2D eigenvalue weighted by atomic mass is 79.9. The number of hydrogen-bond donors (Lipinski definition) is 2. The summed E-state index contributed by atoms with van der Waals surface area (Å²) in [6.45, 7) is 1.69. The second kappa shape index (κ2) is 3.92. The zero-order chi connectivity index (χ0) is 11.0. The predicted octanol–water partition coefficient (Wildman–Crippen LogP) is 1.89. The van der Waals surface area contributed by atoms with Crippen molar-refractivity contribution in [2.45, 2.75) is 13.0 Å². The van der Waals surface area contributed by atoms with Gasteiger partial charge in [-0.15, -0.1) is 0 Å². The first-order valence-electron chi connectivity index (χ1n) is 4.55. The van der Waals surface area contributed by atoms with Gasteiger partial charge in [0.2, 0.25) is 0 Å². The number of aromatic nitrogens is 1. The Morgan fingerprint density at radius 3 is 3.00 bits per heavy atom. The SMILES string of the molecule is Cc1nc2cc(C(N)CO)c(Br)cc2o1. The fourth-order valence-corrected chi connectivity index (χ4v) is 2.08. The lowest BCUT2D eigenvalue weighted by Crippen LogP contribution is -2.14. The van der Waals surface area contributed by atoms with Crippen molar-refractivity contribution >= 4 is 27.0 Å². The zero-order valence-corrected chi connectivity index (χ0v) is 9.78. The number of rotatable bonds is 2. The maximum atomic E-state index is 9.00. The summed E-state index contributed by atoms with van der Waals surface area (Å²) in [5.74, 6) is 0.617. The van der Waals surface area contributed by atoms with Crippen molar-refractivity contribution in [1.82, 2.24) is 4.98 Å². The maximum Gasteiger partial charge on any atom is 0.192 e. The summed E-state index contributed by atoms with van der Waals surface area (Å²) in [5, 5.41) is 9.00. The molecule has 2 aromatic rings. The number of benzene rings is 1. The fourth-order valence-electron chi connectivity index (χ4n) is 1.46. The Labute approximate surface area is 95.2 Å². The summed E-state index contributed by atoms with van der Waals surface area (Å²) in [4.78, 5) is 4.21. The molecule has 5 heteroatoms. The van der Waals surface area contributed by atoms with E-state index in [4.69, 9.17) is 15.3 Å². The van der Waals surface area contributed by atoms with E-state index in [2.05, 4.69) is 20.9 Å². The van der Waals surface area contributed by atoms with Crippen molar-refractivity contribution in [1.29, 1.82) is 0 Å². The van der Waals surface area contributed by atoms with E-state index in [0.717, 1.165) is 15.6 Å². The van der Waals surface area contributed by atoms with Crippen molar-refractivity contribution in [3.05, 3.63) is 28.1 Å². The number of aliphatic hydroxyl groups is 1. The van der Waals surface area contributed by atoms with Crippen LogP contribution in [0.25, 0.3) is 11.1 Å². The molecule has 4 nitrogen and oxygen atoms in total. The highest BCUT2D eigenvalue weighted by Gasteiger charge is 2.12. The van der Waals surface area contributed by atoms with Gasteiger partial charge in [-0.05, 0) is 17.7 Å². The average Bonchev–Trinajstić information content (AvgIpc) is 2.55. The van der Waals surface area contributed by atoms with Crippen molar-refractivity contribution in [3.63, 3.8) is 0 Å². The lowest BCUT2D eigenvalue weighted by atomic mass is 10.1. The maximum absolute atomic E-state index is 9.00. The number of nitrogens with two attached hydrogens (primary N) is 1. The molecule has 1 heterocycles. The Hall–Kier alpha value is -0.910. The number of halogens is 1. The molecule has 0 saturated heterocycles. The quantitative estimate of drug-likeness (QED) is 0.874. The Bertz CT molecular complexity index is 495. The third kappa shape index (κ3) is 1.90. The molecule has 0 aliphatic heterocycles. The van der Waals surface area contributed by atoms with Gasteiger partial charge in [0.25, 0.3) is 0 Å². The van der Waals surface area contributed by atoms with Crippen LogP contribution in [0.15, 0.2) is 21.0 Å². The Morgan fingerprint density at radius 2 is 2.33 bits per heavy atom. The first kappa shape index (κ1) is 10.6. The van der Waals surface area contributed by atoms with Gasteiger partial charge in [0.15, 0.2) is 11.5 Å². The second-order valence-corrected chi connectivity index (χ2v) is 4.22. The highest BCUT2D eigenvalue weighted by molar-refractivity contribution is 9.10. The molecule has 0 bridgehead atoms. The van der Waals surface area contributed by atoms with Crippen LogP contribution in [0.1, 0.15) is 17.5 Å². The molecule has 0 aliphatic rings. The molecule has 0 saturated carbocycles. The van der Waals surface area contributed by atoms with Gasteiger partial charge in [0.1, 0.15) is 5.52 Å². The average molecular weight is 271 g/mol. The fraction of sp³-hybridized carbons (Fsp3) is 0.300. The van der Waals surface area contributed by atoms with Crippen molar-refractivity contribution in [3.8, 4) is 0 Å². The van der Waals surface area contributed by atoms with Gasteiger partial charge in [0, 0.05) is 11.4 Å². The molecule has 0 spiro atoms. The molecule has 0 amide bonds. The van der Waals surface area contributed by atoms with Crippen LogP contribution in [0.3, 0.4) is 0 Å². The molecule has 0 fully saturated rings. The van der Waals surface area contributed by atoms with Crippen molar-refractivity contribution in [2.24, 2.45) is 5.73 Å². The van der Waals surface area contributed by atoms with E-state index in [9.17, 15) is 0 Å². The summed E-state index contributed by atoms with van der Waals surface area (Å²) in [7, 11) is 0. The molecule has 0 radical (unpaired) electrons. The van der Waals surface area contributed by atoms with Crippen LogP contribution in [-0.2, 0) is 0 Å². The van der Waals surface area contributed by atoms with Crippen LogP contribution in [0.4, 0.5) is 0 Å². The second-order valence-electron chi connectivity index (χ2n) is 3.36. The highest BCUT2D eigenvalue weighted by Crippen LogP contribution is 2.28. The summed E-state index contributed by atoms with van der Waals surface area (Å²) < 4.78 is 6.20. The van der Waals surface area contributed by atoms with E-state index in [0.29, 0.717) is 11.5 Å². The number of hydrogen-bond acceptors (Lipinski definition) is 4. The molecule has 80 valence electrons. The van der Waals surface area contributed by atoms with Gasteiger partial charge in [-0.2, -0.15) is 0 Å². The minimum absolute atomic E-state index is 0.0963. The summed E-state index contributed by atoms with van der Waals surface area (Å²) in [6.07, 6.45) is 0. The van der Waals surface area contributed by atoms with Crippen LogP contribution in [0.2, 0.25) is 0 Å². The Morgan fingerprint density at radius 1 is 1.60 bits per heavy atom. The van der Waals surface area contributed by atoms with E-state index >= 15 is 0 Å². The monoisotopic (exact) mass is 270 g/mol. The van der Waals surface area contributed by atoms with Crippen LogP contribution < -0.4 is 5.73 Å². The lowest BCUT2D eigenvalue weighted by Gasteiger charge is -2.09. The smallest absolute Gasteiger partial charge is 0.192 e. The predicted molar refractivity (Wildman–Crippen MR) is 60.5 cm³/mol. The topological polar surface area (TPSA) is 72.3 Å². The molecule has 15 heavy (non-hydrogen) atoms. The molecule has 0 aliphatic carbocycles. The molecular weight excluding hydrogens is 260 g/mol.